The molecule has 0 rings (SSSR count). The quantitative estimate of drug-likeness (QED) is 0.375. The maximum absolute atomic E-state index is 5.43. The molecule has 74 valence electrons. The van der Waals surface area contributed by atoms with Crippen LogP contribution in [0.4, 0.5) is 0 Å². The van der Waals surface area contributed by atoms with Gasteiger partial charge in [-0.2, -0.15) is 0 Å². The molecule has 18 heteroatoms. The first-order chi connectivity index (χ1) is 8.27. The molecule has 0 unspecified atom stereocenters. The fourth-order valence-electron chi connectivity index (χ4n) is 3.85. The van der Waals surface area contributed by atoms with E-state index in [4.69, 9.17) is 12.1 Å². The van der Waals surface area contributed by atoms with Crippen molar-refractivity contribution in [3.63, 3.8) is 0 Å². The van der Waals surface area contributed by atoms with Crippen LogP contribution in [0.15, 0.2) is 0 Å². The summed E-state index contributed by atoms with van der Waals surface area (Å²) in [5, 5.41) is 0. The minimum atomic E-state index is 0.579. The third kappa shape index (κ3) is 5.37. The fraction of sp³-hybridized carbons (Fsp3) is 0. The summed E-state index contributed by atoms with van der Waals surface area (Å²) in [5.41, 5.74) is 0. The van der Waals surface area contributed by atoms with E-state index in [1.54, 1.807) is 0 Å². The van der Waals surface area contributed by atoms with Gasteiger partial charge in [0.05, 0.1) is 0 Å². The van der Waals surface area contributed by atoms with Gasteiger partial charge in [0.1, 0.15) is 0 Å². The van der Waals surface area contributed by atoms with Crippen LogP contribution in [0.3, 0.4) is 0 Å². The van der Waals surface area contributed by atoms with Crippen molar-refractivity contribution >= 4 is 132 Å². The second kappa shape index (κ2) is 9.29. The molecule has 0 aromatic rings. The molecule has 0 atom stereocenters. The van der Waals surface area contributed by atoms with E-state index < -0.39 is 0 Å². The summed E-state index contributed by atoms with van der Waals surface area (Å²) in [7, 11) is 20.1. The van der Waals surface area contributed by atoms with Gasteiger partial charge >= 0.3 is 132 Å². The molecular weight excluding hydrogens is 216 g/mol. The Morgan fingerprint density at radius 1 is 0.778 bits per heavy atom. The van der Waals surface area contributed by atoms with Crippen LogP contribution in [-0.2, 0) is 0 Å². The summed E-state index contributed by atoms with van der Waals surface area (Å²) >= 11 is 5.43. The van der Waals surface area contributed by atoms with Crippen molar-refractivity contribution < 1.29 is 0 Å². The van der Waals surface area contributed by atoms with E-state index in [0.29, 0.717) is 31.9 Å². The van der Waals surface area contributed by atoms with Crippen LogP contribution in [0, 0.1) is 0 Å². The Kier molecular flexibility index (Phi) is 9.98. The summed E-state index contributed by atoms with van der Waals surface area (Å²) in [6, 6.07) is 2.08. The predicted molar refractivity (Wildman–Crippen MR) is 129 cm³/mol. The monoisotopic (exact) mass is 236 g/mol. The Hall–Kier alpha value is 1.32. The van der Waals surface area contributed by atoms with Gasteiger partial charge in [0.25, 0.3) is 0 Å². The molecule has 0 aromatic carbocycles. The molecule has 0 aromatic heterocycles. The fourth-order valence-corrected chi connectivity index (χ4v) is 4.21. The van der Waals surface area contributed by atoms with Crippen LogP contribution in [-0.4, -0.2) is 120 Å². The molecule has 0 amide bonds. The second-order valence-electron chi connectivity index (χ2n) is 6.99. The van der Waals surface area contributed by atoms with Crippen molar-refractivity contribution in [1.82, 2.24) is 0 Å². The molecule has 0 bridgehead atoms. The van der Waals surface area contributed by atoms with E-state index in [1.807, 2.05) is 0 Å². The zero-order chi connectivity index (χ0) is 14.5. The molecule has 0 heterocycles. The molecule has 0 aliphatic carbocycles. The van der Waals surface area contributed by atoms with Crippen LogP contribution in [0.25, 0.3) is 0 Å². The van der Waals surface area contributed by atoms with Gasteiger partial charge in [0, 0.05) is 0 Å². The van der Waals surface area contributed by atoms with E-state index >= 15 is 0 Å². The molecule has 0 fully saturated rings. The molecule has 0 nitrogen and oxygen atoms in total. The first-order valence-corrected chi connectivity index (χ1v) is 8.20. The topological polar surface area (TPSA) is 0 Å². The Balaban J connectivity index is 5.27. The van der Waals surface area contributed by atoms with E-state index in [0.717, 1.165) is 12.8 Å². The number of hydrogen-bond acceptors (Lipinski definition) is 1. The van der Waals surface area contributed by atoms with Crippen LogP contribution in [0.1, 0.15) is 0 Å². The zero-order valence-electron chi connectivity index (χ0n) is 13.7. The zero-order valence-corrected chi connectivity index (χ0v) is 14.6. The van der Waals surface area contributed by atoms with Gasteiger partial charge < -0.3 is 0 Å². The van der Waals surface area contributed by atoms with Crippen molar-refractivity contribution in [2.75, 3.05) is 0 Å². The summed E-state index contributed by atoms with van der Waals surface area (Å²) in [6.45, 7) is 0. The summed E-state index contributed by atoms with van der Waals surface area (Å²) in [5.74, 6) is 0. The Morgan fingerprint density at radius 2 is 1.17 bits per heavy atom. The molecule has 0 aliphatic rings. The molecule has 0 saturated heterocycles. The van der Waals surface area contributed by atoms with Gasteiger partial charge in [-0.3, -0.25) is 0 Å². The van der Waals surface area contributed by atoms with Crippen LogP contribution >= 0.6 is 12.1 Å². The van der Waals surface area contributed by atoms with Gasteiger partial charge in [0.2, 0.25) is 0 Å². The molecule has 0 radical (unpaired) electrons. The summed E-state index contributed by atoms with van der Waals surface area (Å²) in [6.07, 6.45) is 4.90. The average molecular weight is 233 g/mol. The second-order valence-corrected chi connectivity index (χ2v) is 7.26. The maximum atomic E-state index is 5.43. The minimum absolute atomic E-state index is 0.579. The van der Waals surface area contributed by atoms with Gasteiger partial charge in [0.15, 0.2) is 0 Å². The van der Waals surface area contributed by atoms with E-state index in [1.165, 1.54) is 7.06 Å². The molecule has 0 aliphatic heterocycles. The van der Waals surface area contributed by atoms with Crippen molar-refractivity contribution in [2.45, 2.75) is 0 Å². The third-order valence-corrected chi connectivity index (χ3v) is 4.97. The van der Waals surface area contributed by atoms with Gasteiger partial charge in [-0.15, -0.1) is 0 Å². The molecule has 0 N–H and O–H groups in total. The molecule has 18 heavy (non-hydrogen) atoms. The van der Waals surface area contributed by atoms with Crippen LogP contribution < -0.4 is 0 Å². The predicted octanol–water partition coefficient (Wildman–Crippen LogP) is -10.4. The van der Waals surface area contributed by atoms with Crippen molar-refractivity contribution in [1.29, 1.82) is 0 Å². The van der Waals surface area contributed by atoms with Gasteiger partial charge in [-0.1, -0.05) is 0 Å². The first-order valence-electron chi connectivity index (χ1n) is 7.73. The van der Waals surface area contributed by atoms with Gasteiger partial charge in [-0.25, -0.2) is 0 Å². The van der Waals surface area contributed by atoms with Crippen molar-refractivity contribution in [3.05, 3.63) is 0 Å². The summed E-state index contributed by atoms with van der Waals surface area (Å²) in [4.78, 5) is 0. The van der Waals surface area contributed by atoms with Crippen molar-refractivity contribution in [3.8, 4) is 0 Å². The average Bonchev–Trinajstić information content (AvgIpc) is 2.25. The molecular formula is H17B17S. The Bertz CT molecular complexity index is 222. The van der Waals surface area contributed by atoms with Crippen LogP contribution in [0.5, 0.6) is 0 Å². The number of rotatable bonds is 8. The molecule has 0 spiro atoms. The van der Waals surface area contributed by atoms with E-state index in [9.17, 15) is 0 Å². The summed E-state index contributed by atoms with van der Waals surface area (Å²) < 4.78 is 0. The molecule has 0 saturated carbocycles. The van der Waals surface area contributed by atoms with E-state index in [2.05, 4.69) is 67.9 Å². The normalized spacial score (nSPS) is 8.67. The third-order valence-electron chi connectivity index (χ3n) is 4.66. The van der Waals surface area contributed by atoms with Crippen molar-refractivity contribution in [2.24, 2.45) is 0 Å². The van der Waals surface area contributed by atoms with Crippen LogP contribution in [0.2, 0.25) is 0 Å². The Morgan fingerprint density at radius 3 is 1.39 bits per heavy atom. The Labute approximate surface area is 131 Å². The first kappa shape index (κ1) is 19.3. The van der Waals surface area contributed by atoms with Gasteiger partial charge in [-0.05, 0) is 0 Å². The van der Waals surface area contributed by atoms with E-state index in [-0.39, 0.29) is 0 Å². The SMILES string of the molecule is BBB(B)B(B(B)B)B(B=S)B(B(B)B)B(B)B. The number of hydrogen-bond donors (Lipinski definition) is 0. The standard InChI is InChI=1S/B17H17S/c1-9-14(8)17(13(6)7)15(10-18)16(11(2)3)12(4)5/h9H,1-8H2.